The molecular weight excluding hydrogens is 347 g/mol. The van der Waals surface area contributed by atoms with Crippen LogP contribution in [0.25, 0.3) is 0 Å². The number of halogens is 1. The minimum Gasteiger partial charge on any atom is -0.376 e. The van der Waals surface area contributed by atoms with E-state index in [4.69, 9.17) is 9.68 Å². The molecule has 1 heterocycles. The van der Waals surface area contributed by atoms with Crippen LogP contribution in [0.2, 0.25) is 0 Å². The molecule has 0 bridgehead atoms. The summed E-state index contributed by atoms with van der Waals surface area (Å²) in [5, 5.41) is 7.38. The van der Waals surface area contributed by atoms with Crippen LogP contribution in [0.5, 0.6) is 0 Å². The fourth-order valence-corrected chi connectivity index (χ4v) is 2.20. The maximum absolute atomic E-state index is 11.8. The van der Waals surface area contributed by atoms with Crippen LogP contribution in [0.4, 0.5) is 0 Å². The molecule has 1 aliphatic rings. The molecule has 0 saturated carbocycles. The van der Waals surface area contributed by atoms with Gasteiger partial charge in [-0.15, -0.1) is 0 Å². The molecule has 0 aliphatic carbocycles. The number of carbonyl (C=O) groups excluding carboxylic acids is 1. The van der Waals surface area contributed by atoms with E-state index in [9.17, 15) is 4.79 Å². The van der Waals surface area contributed by atoms with Crippen molar-refractivity contribution in [3.63, 3.8) is 0 Å². The number of hydrogen-bond donors (Lipinski definition) is 0. The Hall–Kier alpha value is -1.44. The molecule has 0 N–H and O–H groups in total. The van der Waals surface area contributed by atoms with E-state index < -0.39 is 11.6 Å². The third kappa shape index (κ3) is 3.06. The molecule has 94 valence electrons. The Balaban J connectivity index is 1.91. The summed E-state index contributed by atoms with van der Waals surface area (Å²) in [4.78, 5) is 21.6. The Morgan fingerprint density at radius 3 is 2.89 bits per heavy atom. The van der Waals surface area contributed by atoms with E-state index >= 15 is 0 Å². The molecule has 2 rings (SSSR count). The second-order valence-electron chi connectivity index (χ2n) is 3.99. The van der Waals surface area contributed by atoms with E-state index in [1.54, 1.807) is 6.92 Å². The lowest BCUT2D eigenvalue weighted by Gasteiger charge is -2.16. The molecule has 1 aromatic carbocycles. The lowest BCUT2D eigenvalue weighted by molar-refractivity contribution is -0.167. The van der Waals surface area contributed by atoms with Crippen molar-refractivity contribution in [2.45, 2.75) is 18.9 Å². The Bertz CT molecular complexity index is 501. The fourth-order valence-electron chi connectivity index (χ4n) is 1.37. The number of oxime groups is 2. The van der Waals surface area contributed by atoms with Gasteiger partial charge in [0, 0.05) is 0 Å². The maximum Gasteiger partial charge on any atom is 0.381 e. The summed E-state index contributed by atoms with van der Waals surface area (Å²) in [5.41, 5.74) is -0.210. The summed E-state index contributed by atoms with van der Waals surface area (Å²) < 4.78 is 0.735. The highest BCUT2D eigenvalue weighted by Gasteiger charge is 2.43. The quantitative estimate of drug-likeness (QED) is 0.361. The lowest BCUT2D eigenvalue weighted by Crippen LogP contribution is -2.35. The minimum absolute atomic E-state index is 0.410. The summed E-state index contributed by atoms with van der Waals surface area (Å²) in [5.74, 6) is -0.551. The fraction of sp³-hybridized carbons (Fsp3) is 0.250. The van der Waals surface area contributed by atoms with Gasteiger partial charge in [0.05, 0.1) is 12.6 Å². The van der Waals surface area contributed by atoms with Crippen molar-refractivity contribution >= 4 is 38.5 Å². The van der Waals surface area contributed by atoms with Crippen LogP contribution < -0.4 is 0 Å². The summed E-state index contributed by atoms with van der Waals surface area (Å²) in [7, 11) is 0. The average molecular weight is 358 g/mol. The monoisotopic (exact) mass is 358 g/mol. The molecular formula is C12H11IN2O3. The number of nitrogens with zero attached hydrogens (tertiary/aromatic N) is 2. The van der Waals surface area contributed by atoms with Crippen LogP contribution in [0, 0.1) is 0 Å². The number of rotatable bonds is 3. The molecule has 1 unspecified atom stereocenters. The minimum atomic E-state index is -1.06. The van der Waals surface area contributed by atoms with Gasteiger partial charge in [0.25, 0.3) is 0 Å². The molecule has 5 nitrogen and oxygen atoms in total. The predicted molar refractivity (Wildman–Crippen MR) is 75.7 cm³/mol. The molecule has 0 fully saturated rings. The van der Waals surface area contributed by atoms with Gasteiger partial charge in [0.15, 0.2) is 0 Å². The van der Waals surface area contributed by atoms with Crippen LogP contribution in [0.15, 0.2) is 40.6 Å². The maximum atomic E-state index is 11.8. The van der Waals surface area contributed by atoms with E-state index in [0.29, 0.717) is 6.42 Å². The molecule has 1 aromatic rings. The van der Waals surface area contributed by atoms with Crippen molar-refractivity contribution in [1.29, 1.82) is 0 Å². The number of hydrogen-bond acceptors (Lipinski definition) is 5. The van der Waals surface area contributed by atoms with Crippen LogP contribution in [-0.2, 0) is 14.5 Å². The second-order valence-corrected chi connectivity index (χ2v) is 5.24. The van der Waals surface area contributed by atoms with Crippen LogP contribution >= 0.6 is 22.6 Å². The van der Waals surface area contributed by atoms with Gasteiger partial charge in [-0.1, -0.05) is 40.6 Å². The molecule has 0 saturated heterocycles. The van der Waals surface area contributed by atoms with Crippen LogP contribution in [-0.4, -0.2) is 21.5 Å². The van der Waals surface area contributed by atoms with Gasteiger partial charge in [-0.05, 0) is 35.1 Å². The summed E-state index contributed by atoms with van der Waals surface area (Å²) in [6, 6.07) is 9.37. The van der Waals surface area contributed by atoms with Gasteiger partial charge in [0.1, 0.15) is 3.72 Å². The van der Waals surface area contributed by atoms with Crippen molar-refractivity contribution in [1.82, 2.24) is 0 Å². The first-order valence-corrected chi connectivity index (χ1v) is 6.38. The SMILES string of the molecule is CC1(C(=O)O/N=C/c2ccccc2)CC(I)=NO1. The smallest absolute Gasteiger partial charge is 0.376 e. The van der Waals surface area contributed by atoms with Crippen molar-refractivity contribution < 1.29 is 14.5 Å². The van der Waals surface area contributed by atoms with Gasteiger partial charge in [-0.3, -0.25) is 0 Å². The topological polar surface area (TPSA) is 60.2 Å². The summed E-state index contributed by atoms with van der Waals surface area (Å²) >= 11 is 2.02. The first-order chi connectivity index (χ1) is 8.60. The van der Waals surface area contributed by atoms with E-state index in [0.717, 1.165) is 9.28 Å². The largest absolute Gasteiger partial charge is 0.381 e. The highest BCUT2D eigenvalue weighted by Crippen LogP contribution is 2.27. The van der Waals surface area contributed by atoms with E-state index in [1.807, 2.05) is 52.9 Å². The number of carbonyl (C=O) groups is 1. The van der Waals surface area contributed by atoms with Gasteiger partial charge in [-0.25, -0.2) is 4.79 Å². The zero-order valence-corrected chi connectivity index (χ0v) is 11.8. The molecule has 0 amide bonds. The third-order valence-corrected chi connectivity index (χ3v) is 2.98. The van der Waals surface area contributed by atoms with Gasteiger partial charge in [0.2, 0.25) is 5.60 Å². The third-order valence-electron chi connectivity index (χ3n) is 2.40. The highest BCUT2D eigenvalue weighted by molar-refractivity contribution is 14.1. The normalized spacial score (nSPS) is 22.7. The van der Waals surface area contributed by atoms with E-state index in [2.05, 4.69) is 10.3 Å². The molecule has 0 spiro atoms. The van der Waals surface area contributed by atoms with E-state index in [1.165, 1.54) is 6.21 Å². The Morgan fingerprint density at radius 1 is 1.56 bits per heavy atom. The Labute approximate surface area is 118 Å². The van der Waals surface area contributed by atoms with Crippen molar-refractivity contribution in [3.05, 3.63) is 35.9 Å². The summed E-state index contributed by atoms with van der Waals surface area (Å²) in [6.07, 6.45) is 1.88. The predicted octanol–water partition coefficient (Wildman–Crippen LogP) is 2.49. The van der Waals surface area contributed by atoms with Gasteiger partial charge >= 0.3 is 5.97 Å². The number of benzene rings is 1. The zero-order chi connectivity index (χ0) is 13.0. The average Bonchev–Trinajstić information content (AvgIpc) is 2.72. The van der Waals surface area contributed by atoms with Gasteiger partial charge < -0.3 is 9.68 Å². The first-order valence-electron chi connectivity index (χ1n) is 5.30. The van der Waals surface area contributed by atoms with E-state index in [-0.39, 0.29) is 0 Å². The Morgan fingerprint density at radius 2 is 2.28 bits per heavy atom. The second kappa shape index (κ2) is 5.47. The van der Waals surface area contributed by atoms with Crippen molar-refractivity contribution in [3.8, 4) is 0 Å². The molecule has 0 radical (unpaired) electrons. The van der Waals surface area contributed by atoms with Crippen LogP contribution in [0.3, 0.4) is 0 Å². The lowest BCUT2D eigenvalue weighted by atomic mass is 10.1. The summed E-state index contributed by atoms with van der Waals surface area (Å²) in [6.45, 7) is 1.63. The molecule has 0 aromatic heterocycles. The molecule has 1 atom stereocenters. The molecule has 6 heteroatoms. The van der Waals surface area contributed by atoms with Crippen molar-refractivity contribution in [2.75, 3.05) is 0 Å². The zero-order valence-electron chi connectivity index (χ0n) is 9.67. The molecule has 1 aliphatic heterocycles. The standard InChI is InChI=1S/C12H11IN2O3/c1-12(7-10(13)15-18-12)11(16)17-14-8-9-5-3-2-4-6-9/h2-6,8H,7H2,1H3/b14-8+. The molecule has 18 heavy (non-hydrogen) atoms. The first kappa shape index (κ1) is 13.0. The Kier molecular flexibility index (Phi) is 3.95. The highest BCUT2D eigenvalue weighted by atomic mass is 127. The van der Waals surface area contributed by atoms with Crippen LogP contribution in [0.1, 0.15) is 18.9 Å². The van der Waals surface area contributed by atoms with Gasteiger partial charge in [-0.2, -0.15) is 0 Å². The van der Waals surface area contributed by atoms with Crippen molar-refractivity contribution in [2.24, 2.45) is 10.3 Å².